The van der Waals surface area contributed by atoms with E-state index in [0.717, 1.165) is 0 Å². The molecule has 1 aromatic rings. The standard InChI is InChI=1S/C7H5BrF2INO/c8-4-1-3(2-13)12-7(11)5(4)6(9)10/h1,6,13H,2H2. The van der Waals surface area contributed by atoms with E-state index in [1.54, 1.807) is 22.6 Å². The van der Waals surface area contributed by atoms with Crippen LogP contribution < -0.4 is 0 Å². The Morgan fingerprint density at radius 3 is 2.62 bits per heavy atom. The molecule has 0 spiro atoms. The molecule has 72 valence electrons. The Morgan fingerprint density at radius 2 is 2.23 bits per heavy atom. The zero-order valence-corrected chi connectivity index (χ0v) is 10.0. The van der Waals surface area contributed by atoms with Crippen LogP contribution in [0.4, 0.5) is 8.78 Å². The third-order valence-electron chi connectivity index (χ3n) is 1.39. The van der Waals surface area contributed by atoms with Gasteiger partial charge in [0.25, 0.3) is 6.43 Å². The highest BCUT2D eigenvalue weighted by atomic mass is 127. The van der Waals surface area contributed by atoms with E-state index in [1.165, 1.54) is 6.07 Å². The SMILES string of the molecule is OCc1cc(Br)c(C(F)F)c(I)n1. The molecule has 0 bridgehead atoms. The largest absolute Gasteiger partial charge is 0.390 e. The molecule has 0 amide bonds. The predicted molar refractivity (Wildman–Crippen MR) is 55.5 cm³/mol. The lowest BCUT2D eigenvalue weighted by molar-refractivity contribution is 0.148. The molecule has 6 heteroatoms. The van der Waals surface area contributed by atoms with E-state index >= 15 is 0 Å². The zero-order chi connectivity index (χ0) is 10.0. The second-order valence-corrected chi connectivity index (χ2v) is 4.13. The molecule has 13 heavy (non-hydrogen) atoms. The molecule has 0 unspecified atom stereocenters. The first-order valence-corrected chi connectivity index (χ1v) is 5.17. The number of aliphatic hydroxyl groups is 1. The molecule has 1 aromatic heterocycles. The van der Waals surface area contributed by atoms with Gasteiger partial charge in [0, 0.05) is 4.47 Å². The van der Waals surface area contributed by atoms with E-state index < -0.39 is 6.43 Å². The number of pyridine rings is 1. The Kier molecular flexibility index (Phi) is 3.99. The minimum atomic E-state index is -2.55. The molecular weight excluding hydrogens is 359 g/mol. The first-order chi connectivity index (χ1) is 6.06. The zero-order valence-electron chi connectivity index (χ0n) is 6.27. The third kappa shape index (κ3) is 2.57. The molecule has 0 fully saturated rings. The summed E-state index contributed by atoms with van der Waals surface area (Å²) in [6.07, 6.45) is -2.55. The Labute approximate surface area is 95.6 Å². The molecule has 1 heterocycles. The maximum Gasteiger partial charge on any atom is 0.267 e. The first-order valence-electron chi connectivity index (χ1n) is 3.30. The monoisotopic (exact) mass is 363 g/mol. The normalized spacial score (nSPS) is 10.9. The molecule has 0 atom stereocenters. The number of aromatic nitrogens is 1. The van der Waals surface area contributed by atoms with E-state index in [0.29, 0.717) is 5.69 Å². The van der Waals surface area contributed by atoms with Gasteiger partial charge in [-0.3, -0.25) is 0 Å². The Hall–Kier alpha value is 0.180. The van der Waals surface area contributed by atoms with Crippen LogP contribution in [0.1, 0.15) is 17.7 Å². The molecular formula is C7H5BrF2INO. The smallest absolute Gasteiger partial charge is 0.267 e. The van der Waals surface area contributed by atoms with Gasteiger partial charge in [0.15, 0.2) is 0 Å². The molecule has 1 rings (SSSR count). The van der Waals surface area contributed by atoms with Crippen LogP contribution in [0.5, 0.6) is 0 Å². The molecule has 0 saturated carbocycles. The van der Waals surface area contributed by atoms with E-state index in [2.05, 4.69) is 20.9 Å². The molecule has 0 aliphatic carbocycles. The molecule has 1 N–H and O–H groups in total. The van der Waals surface area contributed by atoms with Gasteiger partial charge in [0.2, 0.25) is 0 Å². The summed E-state index contributed by atoms with van der Waals surface area (Å²) in [7, 11) is 0. The molecule has 2 nitrogen and oxygen atoms in total. The van der Waals surface area contributed by atoms with Gasteiger partial charge in [-0.15, -0.1) is 0 Å². The van der Waals surface area contributed by atoms with Crippen molar-refractivity contribution in [3.05, 3.63) is 25.5 Å². The lowest BCUT2D eigenvalue weighted by Crippen LogP contribution is -1.99. The van der Waals surface area contributed by atoms with Gasteiger partial charge in [-0.1, -0.05) is 15.9 Å². The summed E-state index contributed by atoms with van der Waals surface area (Å²) in [6.45, 7) is -0.252. The van der Waals surface area contributed by atoms with Gasteiger partial charge in [-0.25, -0.2) is 13.8 Å². The maximum atomic E-state index is 12.4. The molecule has 0 saturated heterocycles. The van der Waals surface area contributed by atoms with Crippen LogP contribution in [0.2, 0.25) is 0 Å². The Bertz CT molecular complexity index is 298. The van der Waals surface area contributed by atoms with Crippen molar-refractivity contribution in [1.29, 1.82) is 0 Å². The summed E-state index contributed by atoms with van der Waals surface area (Å²) < 4.78 is 25.3. The number of halogens is 4. The van der Waals surface area contributed by atoms with Crippen LogP contribution in [0.15, 0.2) is 10.5 Å². The minimum absolute atomic E-state index is 0.127. The summed E-state index contributed by atoms with van der Waals surface area (Å²) >= 11 is 4.72. The van der Waals surface area contributed by atoms with Crippen molar-refractivity contribution in [2.24, 2.45) is 0 Å². The quantitative estimate of drug-likeness (QED) is 0.647. The molecule has 0 aliphatic heterocycles. The topological polar surface area (TPSA) is 33.1 Å². The first kappa shape index (κ1) is 11.3. The fraction of sp³-hybridized carbons (Fsp3) is 0.286. The van der Waals surface area contributed by atoms with Crippen molar-refractivity contribution in [2.45, 2.75) is 13.0 Å². The number of aliphatic hydroxyl groups excluding tert-OH is 1. The lowest BCUT2D eigenvalue weighted by atomic mass is 10.2. The van der Waals surface area contributed by atoms with E-state index in [-0.39, 0.29) is 20.3 Å². The fourth-order valence-electron chi connectivity index (χ4n) is 0.816. The molecule has 0 aliphatic rings. The average molecular weight is 364 g/mol. The van der Waals surface area contributed by atoms with Gasteiger partial charge in [0.1, 0.15) is 3.70 Å². The van der Waals surface area contributed by atoms with Crippen molar-refractivity contribution in [2.75, 3.05) is 0 Å². The number of alkyl halides is 2. The second kappa shape index (κ2) is 4.61. The van der Waals surface area contributed by atoms with Crippen LogP contribution in [0, 0.1) is 3.70 Å². The van der Waals surface area contributed by atoms with E-state index in [9.17, 15) is 8.78 Å². The van der Waals surface area contributed by atoms with Crippen molar-refractivity contribution >= 4 is 38.5 Å². The summed E-state index contributed by atoms with van der Waals surface area (Å²) in [4.78, 5) is 3.80. The highest BCUT2D eigenvalue weighted by Crippen LogP contribution is 2.31. The number of nitrogens with zero attached hydrogens (tertiary/aromatic N) is 1. The van der Waals surface area contributed by atoms with Gasteiger partial charge in [-0.05, 0) is 28.7 Å². The second-order valence-electron chi connectivity index (χ2n) is 2.26. The molecule has 0 radical (unpaired) electrons. The van der Waals surface area contributed by atoms with Crippen LogP contribution in [0.3, 0.4) is 0 Å². The van der Waals surface area contributed by atoms with Gasteiger partial charge in [-0.2, -0.15) is 0 Å². The van der Waals surface area contributed by atoms with Crippen molar-refractivity contribution < 1.29 is 13.9 Å². The summed E-state index contributed by atoms with van der Waals surface area (Å²) in [5, 5.41) is 8.74. The molecule has 0 aromatic carbocycles. The van der Waals surface area contributed by atoms with Crippen LogP contribution >= 0.6 is 38.5 Å². The van der Waals surface area contributed by atoms with Gasteiger partial charge in [0.05, 0.1) is 17.9 Å². The average Bonchev–Trinajstić information content (AvgIpc) is 2.02. The number of hydrogen-bond acceptors (Lipinski definition) is 2. The number of hydrogen-bond donors (Lipinski definition) is 1. The highest BCUT2D eigenvalue weighted by molar-refractivity contribution is 14.1. The van der Waals surface area contributed by atoms with Gasteiger partial charge >= 0.3 is 0 Å². The van der Waals surface area contributed by atoms with E-state index in [4.69, 9.17) is 5.11 Å². The van der Waals surface area contributed by atoms with Crippen LogP contribution in [-0.4, -0.2) is 10.1 Å². The lowest BCUT2D eigenvalue weighted by Gasteiger charge is -2.06. The van der Waals surface area contributed by atoms with E-state index in [1.807, 2.05) is 0 Å². The van der Waals surface area contributed by atoms with Gasteiger partial charge < -0.3 is 5.11 Å². The van der Waals surface area contributed by atoms with Crippen molar-refractivity contribution in [3.8, 4) is 0 Å². The minimum Gasteiger partial charge on any atom is -0.390 e. The Morgan fingerprint density at radius 1 is 1.62 bits per heavy atom. The Balaban J connectivity index is 3.23. The van der Waals surface area contributed by atoms with Crippen molar-refractivity contribution in [1.82, 2.24) is 4.98 Å². The van der Waals surface area contributed by atoms with Crippen LogP contribution in [0.25, 0.3) is 0 Å². The third-order valence-corrected chi connectivity index (χ3v) is 2.87. The maximum absolute atomic E-state index is 12.4. The highest BCUT2D eigenvalue weighted by Gasteiger charge is 2.17. The summed E-state index contributed by atoms with van der Waals surface area (Å²) in [5.74, 6) is 0. The fourth-order valence-corrected chi connectivity index (χ4v) is 2.65. The summed E-state index contributed by atoms with van der Waals surface area (Å²) in [6, 6.07) is 1.39. The summed E-state index contributed by atoms with van der Waals surface area (Å²) in [5.41, 5.74) is 0.249. The number of rotatable bonds is 2. The van der Waals surface area contributed by atoms with Crippen LogP contribution in [-0.2, 0) is 6.61 Å². The van der Waals surface area contributed by atoms with Crippen molar-refractivity contribution in [3.63, 3.8) is 0 Å². The predicted octanol–water partition coefficient (Wildman–Crippen LogP) is 2.88.